The molecule has 0 aliphatic carbocycles. The van der Waals surface area contributed by atoms with Crippen LogP contribution in [0, 0.1) is 6.92 Å². The van der Waals surface area contributed by atoms with Gasteiger partial charge in [-0.2, -0.15) is 10.1 Å². The Bertz CT molecular complexity index is 1230. The first kappa shape index (κ1) is 18.2. The largest absolute Gasteiger partial charge is 0.332 e. The number of rotatable bonds is 3. The second-order valence-corrected chi connectivity index (χ2v) is 7.60. The molecule has 0 spiro atoms. The van der Waals surface area contributed by atoms with Crippen LogP contribution in [-0.2, 0) is 20.1 Å². The third-order valence-electron chi connectivity index (χ3n) is 5.16. The van der Waals surface area contributed by atoms with E-state index in [0.29, 0.717) is 23.7 Å². The summed E-state index contributed by atoms with van der Waals surface area (Å²) in [5.41, 5.74) is 3.01. The van der Waals surface area contributed by atoms with E-state index in [9.17, 15) is 9.59 Å². The van der Waals surface area contributed by atoms with Gasteiger partial charge >= 0.3 is 5.69 Å². The normalized spacial score (nSPS) is 13.9. The molecular weight excluding hydrogens is 356 g/mol. The highest BCUT2D eigenvalue weighted by atomic mass is 16.2. The Labute approximate surface area is 162 Å². The van der Waals surface area contributed by atoms with Gasteiger partial charge in [-0.1, -0.05) is 24.3 Å². The molecule has 0 fully saturated rings. The first-order chi connectivity index (χ1) is 13.3. The highest BCUT2D eigenvalue weighted by Crippen LogP contribution is 2.25. The zero-order valence-corrected chi connectivity index (χ0v) is 16.8. The fourth-order valence-corrected chi connectivity index (χ4v) is 3.62. The van der Waals surface area contributed by atoms with Crippen molar-refractivity contribution in [3.05, 3.63) is 56.2 Å². The van der Waals surface area contributed by atoms with Gasteiger partial charge in [0.15, 0.2) is 11.2 Å². The summed E-state index contributed by atoms with van der Waals surface area (Å²) in [4.78, 5) is 30.9. The minimum absolute atomic E-state index is 0.0806. The summed E-state index contributed by atoms with van der Waals surface area (Å²) in [6.45, 7) is 8.65. The van der Waals surface area contributed by atoms with Gasteiger partial charge in [0.1, 0.15) is 0 Å². The fourth-order valence-electron chi connectivity index (χ4n) is 3.62. The SMILES string of the molecule is CC1=NN(C(C)C)c2nc3c(c(=O)n(Cc4ccccc4C)c(=O)n3C)n2C1. The van der Waals surface area contributed by atoms with Crippen molar-refractivity contribution in [2.24, 2.45) is 12.1 Å². The van der Waals surface area contributed by atoms with E-state index in [1.165, 1.54) is 9.13 Å². The van der Waals surface area contributed by atoms with Crippen molar-refractivity contribution in [2.45, 2.75) is 46.8 Å². The molecule has 0 N–H and O–H groups in total. The number of nitrogens with zero attached hydrogens (tertiary/aromatic N) is 6. The number of anilines is 1. The van der Waals surface area contributed by atoms with Crippen LogP contribution in [0.15, 0.2) is 39.0 Å². The lowest BCUT2D eigenvalue weighted by Gasteiger charge is -2.27. The summed E-state index contributed by atoms with van der Waals surface area (Å²) in [5.74, 6) is 0.594. The zero-order chi connectivity index (χ0) is 20.2. The Morgan fingerprint density at radius 3 is 2.54 bits per heavy atom. The third-order valence-corrected chi connectivity index (χ3v) is 5.16. The van der Waals surface area contributed by atoms with E-state index in [1.54, 1.807) is 12.1 Å². The van der Waals surface area contributed by atoms with Crippen molar-refractivity contribution < 1.29 is 0 Å². The van der Waals surface area contributed by atoms with Gasteiger partial charge in [0.05, 0.1) is 24.8 Å². The van der Waals surface area contributed by atoms with Crippen LogP contribution in [0.5, 0.6) is 0 Å². The maximum Gasteiger partial charge on any atom is 0.332 e. The van der Waals surface area contributed by atoms with E-state index < -0.39 is 0 Å². The summed E-state index contributed by atoms with van der Waals surface area (Å²) < 4.78 is 4.61. The first-order valence-corrected chi connectivity index (χ1v) is 9.37. The Balaban J connectivity index is 1.99. The Morgan fingerprint density at radius 1 is 1.14 bits per heavy atom. The summed E-state index contributed by atoms with van der Waals surface area (Å²) in [6.07, 6.45) is 0. The fraction of sp³-hybridized carbons (Fsp3) is 0.400. The van der Waals surface area contributed by atoms with Gasteiger partial charge in [-0.15, -0.1) is 0 Å². The highest BCUT2D eigenvalue weighted by molar-refractivity contribution is 5.87. The molecule has 146 valence electrons. The quantitative estimate of drug-likeness (QED) is 0.695. The van der Waals surface area contributed by atoms with Crippen LogP contribution in [0.3, 0.4) is 0 Å². The molecule has 2 aromatic heterocycles. The van der Waals surface area contributed by atoms with Gasteiger partial charge in [-0.05, 0) is 38.8 Å². The smallest absolute Gasteiger partial charge is 0.297 e. The van der Waals surface area contributed by atoms with Gasteiger partial charge in [-0.25, -0.2) is 9.80 Å². The van der Waals surface area contributed by atoms with Crippen molar-refractivity contribution in [2.75, 3.05) is 5.01 Å². The lowest BCUT2D eigenvalue weighted by Crippen LogP contribution is -2.40. The standard InChI is InChI=1S/C20H24N6O2/c1-12(2)26-19-21-17-16(24(19)10-14(4)22-26)18(27)25(20(28)23(17)5)11-15-9-7-6-8-13(15)3/h6-9,12H,10-11H2,1-5H3. The predicted molar refractivity (Wildman–Crippen MR) is 110 cm³/mol. The van der Waals surface area contributed by atoms with Gasteiger partial charge in [-0.3, -0.25) is 18.5 Å². The van der Waals surface area contributed by atoms with Gasteiger partial charge in [0.25, 0.3) is 5.56 Å². The van der Waals surface area contributed by atoms with Crippen LogP contribution in [0.25, 0.3) is 11.2 Å². The second kappa shape index (κ2) is 6.47. The van der Waals surface area contributed by atoms with Crippen molar-refractivity contribution in [1.82, 2.24) is 18.7 Å². The van der Waals surface area contributed by atoms with Crippen LogP contribution in [0.2, 0.25) is 0 Å². The third kappa shape index (κ3) is 2.67. The molecule has 3 heterocycles. The molecule has 8 heteroatoms. The Hall–Kier alpha value is -3.16. The maximum atomic E-state index is 13.4. The van der Waals surface area contributed by atoms with Crippen molar-refractivity contribution >= 4 is 22.8 Å². The first-order valence-electron chi connectivity index (χ1n) is 9.37. The van der Waals surface area contributed by atoms with Crippen molar-refractivity contribution in [3.63, 3.8) is 0 Å². The van der Waals surface area contributed by atoms with Crippen molar-refractivity contribution in [1.29, 1.82) is 0 Å². The molecule has 0 atom stereocenters. The number of aromatic nitrogens is 4. The number of imidazole rings is 1. The minimum Gasteiger partial charge on any atom is -0.297 e. The highest BCUT2D eigenvalue weighted by Gasteiger charge is 2.27. The van der Waals surface area contributed by atoms with E-state index in [0.717, 1.165) is 16.8 Å². The number of benzene rings is 1. The van der Waals surface area contributed by atoms with E-state index in [2.05, 4.69) is 10.1 Å². The number of hydrazone groups is 1. The van der Waals surface area contributed by atoms with Crippen LogP contribution in [0.4, 0.5) is 5.95 Å². The maximum absolute atomic E-state index is 13.4. The summed E-state index contributed by atoms with van der Waals surface area (Å²) in [5, 5.41) is 6.37. The zero-order valence-electron chi connectivity index (χ0n) is 16.8. The number of fused-ring (bicyclic) bond motifs is 3. The Kier molecular flexibility index (Phi) is 4.21. The van der Waals surface area contributed by atoms with E-state index in [1.807, 2.05) is 56.5 Å². The average molecular weight is 380 g/mol. The molecule has 0 amide bonds. The van der Waals surface area contributed by atoms with E-state index in [4.69, 9.17) is 0 Å². The Morgan fingerprint density at radius 2 is 1.86 bits per heavy atom. The van der Waals surface area contributed by atoms with E-state index in [-0.39, 0.29) is 23.8 Å². The molecule has 0 bridgehead atoms. The molecule has 4 rings (SSSR count). The summed E-state index contributed by atoms with van der Waals surface area (Å²) >= 11 is 0. The van der Waals surface area contributed by atoms with Crippen LogP contribution >= 0.6 is 0 Å². The molecule has 0 saturated heterocycles. The second-order valence-electron chi connectivity index (χ2n) is 7.60. The molecule has 0 radical (unpaired) electrons. The monoisotopic (exact) mass is 380 g/mol. The molecule has 0 saturated carbocycles. The summed E-state index contributed by atoms with van der Waals surface area (Å²) in [7, 11) is 1.66. The van der Waals surface area contributed by atoms with Crippen LogP contribution in [0.1, 0.15) is 31.9 Å². The molecule has 1 aliphatic rings. The predicted octanol–water partition coefficient (Wildman–Crippen LogP) is 1.86. The number of aryl methyl sites for hydroxylation is 2. The molecule has 1 aromatic carbocycles. The molecule has 0 unspecified atom stereocenters. The average Bonchev–Trinajstić information content (AvgIpc) is 3.03. The van der Waals surface area contributed by atoms with Gasteiger partial charge < -0.3 is 0 Å². The minimum atomic E-state index is -0.370. The molecule has 28 heavy (non-hydrogen) atoms. The molecule has 1 aliphatic heterocycles. The topological polar surface area (TPSA) is 77.4 Å². The molecule has 3 aromatic rings. The number of hydrogen-bond acceptors (Lipinski definition) is 5. The van der Waals surface area contributed by atoms with Crippen LogP contribution in [-0.4, -0.2) is 30.4 Å². The summed E-state index contributed by atoms with van der Waals surface area (Å²) in [6, 6.07) is 7.85. The lowest BCUT2D eigenvalue weighted by molar-refractivity contribution is 0.639. The van der Waals surface area contributed by atoms with Crippen LogP contribution < -0.4 is 16.3 Å². The van der Waals surface area contributed by atoms with E-state index >= 15 is 0 Å². The van der Waals surface area contributed by atoms with Gasteiger partial charge in [0.2, 0.25) is 5.95 Å². The number of hydrogen-bond donors (Lipinski definition) is 0. The van der Waals surface area contributed by atoms with Crippen molar-refractivity contribution in [3.8, 4) is 0 Å². The lowest BCUT2D eigenvalue weighted by atomic mass is 10.1. The molecule has 8 nitrogen and oxygen atoms in total. The molecular formula is C20H24N6O2. The van der Waals surface area contributed by atoms with Gasteiger partial charge in [0, 0.05) is 7.05 Å².